The van der Waals surface area contributed by atoms with Gasteiger partial charge in [-0.15, -0.1) is 0 Å². The van der Waals surface area contributed by atoms with Crippen molar-refractivity contribution in [2.24, 2.45) is 0 Å². The molecule has 96 valence electrons. The Morgan fingerprint density at radius 1 is 1.35 bits per heavy atom. The summed E-state index contributed by atoms with van der Waals surface area (Å²) in [5.41, 5.74) is 5.31. The zero-order chi connectivity index (χ0) is 12.9. The molecule has 0 saturated carbocycles. The number of aliphatic hydroxyl groups excluding tert-OH is 1. The first-order valence-electron chi connectivity index (χ1n) is 5.13. The fraction of sp³-hybridized carbons (Fsp3) is 0.400. The molecule has 1 aromatic carbocycles. The third kappa shape index (κ3) is 3.95. The fourth-order valence-corrected chi connectivity index (χ4v) is 2.47. The van der Waals surface area contributed by atoms with E-state index in [0.717, 1.165) is 18.2 Å². The van der Waals surface area contributed by atoms with Gasteiger partial charge in [0.2, 0.25) is 10.0 Å². The maximum absolute atomic E-state index is 12.8. The van der Waals surface area contributed by atoms with Gasteiger partial charge in [-0.05, 0) is 31.0 Å². The van der Waals surface area contributed by atoms with Crippen LogP contribution < -0.4 is 10.5 Å². The van der Waals surface area contributed by atoms with Crippen molar-refractivity contribution in [1.82, 2.24) is 4.72 Å². The Labute approximate surface area is 99.5 Å². The first kappa shape index (κ1) is 13.9. The van der Waals surface area contributed by atoms with E-state index in [2.05, 4.69) is 4.72 Å². The SMILES string of the molecule is Nc1cc(F)ccc1S(=O)(=O)NCCCCO. The summed E-state index contributed by atoms with van der Waals surface area (Å²) in [5, 5.41) is 8.55. The minimum atomic E-state index is -3.71. The van der Waals surface area contributed by atoms with Crippen molar-refractivity contribution in [3.8, 4) is 0 Å². The first-order chi connectivity index (χ1) is 7.97. The van der Waals surface area contributed by atoms with E-state index >= 15 is 0 Å². The molecule has 0 spiro atoms. The van der Waals surface area contributed by atoms with Crippen LogP contribution in [-0.2, 0) is 10.0 Å². The summed E-state index contributed by atoms with van der Waals surface area (Å²) in [6.07, 6.45) is 1.04. The lowest BCUT2D eigenvalue weighted by Gasteiger charge is -2.08. The van der Waals surface area contributed by atoms with E-state index in [1.807, 2.05) is 0 Å². The molecule has 5 nitrogen and oxygen atoms in total. The van der Waals surface area contributed by atoms with Crippen molar-refractivity contribution in [2.75, 3.05) is 18.9 Å². The lowest BCUT2D eigenvalue weighted by Crippen LogP contribution is -2.25. The normalized spacial score (nSPS) is 11.6. The molecule has 7 heteroatoms. The van der Waals surface area contributed by atoms with Gasteiger partial charge < -0.3 is 10.8 Å². The highest BCUT2D eigenvalue weighted by molar-refractivity contribution is 7.89. The van der Waals surface area contributed by atoms with Crippen molar-refractivity contribution in [1.29, 1.82) is 0 Å². The number of aliphatic hydroxyl groups is 1. The monoisotopic (exact) mass is 262 g/mol. The Hall–Kier alpha value is -1.18. The summed E-state index contributed by atoms with van der Waals surface area (Å²) < 4.78 is 38.6. The second-order valence-electron chi connectivity index (χ2n) is 3.51. The van der Waals surface area contributed by atoms with Crippen molar-refractivity contribution >= 4 is 15.7 Å². The summed E-state index contributed by atoms with van der Waals surface area (Å²) in [6.45, 7) is 0.222. The number of benzene rings is 1. The van der Waals surface area contributed by atoms with Crippen LogP contribution in [0.3, 0.4) is 0 Å². The Kier molecular flexibility index (Phi) is 4.86. The van der Waals surface area contributed by atoms with Crippen LogP contribution >= 0.6 is 0 Å². The molecule has 0 aliphatic rings. The van der Waals surface area contributed by atoms with Gasteiger partial charge in [0, 0.05) is 13.2 Å². The van der Waals surface area contributed by atoms with Crippen LogP contribution in [0.4, 0.5) is 10.1 Å². The van der Waals surface area contributed by atoms with Crippen LogP contribution in [-0.4, -0.2) is 26.7 Å². The number of hydrogen-bond donors (Lipinski definition) is 3. The van der Waals surface area contributed by atoms with Gasteiger partial charge in [0.15, 0.2) is 0 Å². The number of anilines is 1. The summed E-state index contributed by atoms with van der Waals surface area (Å²) in [4.78, 5) is -0.136. The van der Waals surface area contributed by atoms with Crippen LogP contribution in [0, 0.1) is 5.82 Å². The van der Waals surface area contributed by atoms with Crippen molar-refractivity contribution in [3.63, 3.8) is 0 Å². The molecule has 0 fully saturated rings. The van der Waals surface area contributed by atoms with Gasteiger partial charge in [-0.25, -0.2) is 17.5 Å². The standard InChI is InChI=1S/C10H15FN2O3S/c11-8-3-4-10(9(12)7-8)17(15,16)13-5-1-2-6-14/h3-4,7,13-14H,1-2,5-6,12H2. The maximum atomic E-state index is 12.8. The number of hydrogen-bond acceptors (Lipinski definition) is 4. The smallest absolute Gasteiger partial charge is 0.242 e. The second kappa shape index (κ2) is 5.95. The molecule has 0 amide bonds. The molecule has 1 rings (SSSR count). The molecule has 0 aliphatic heterocycles. The van der Waals surface area contributed by atoms with Crippen LogP contribution in [0.15, 0.2) is 23.1 Å². The molecular formula is C10H15FN2O3S. The first-order valence-corrected chi connectivity index (χ1v) is 6.61. The molecule has 0 saturated heterocycles. The average molecular weight is 262 g/mol. The number of unbranched alkanes of at least 4 members (excludes halogenated alkanes) is 1. The quantitative estimate of drug-likeness (QED) is 0.513. The van der Waals surface area contributed by atoms with Gasteiger partial charge in [0.1, 0.15) is 10.7 Å². The van der Waals surface area contributed by atoms with E-state index in [4.69, 9.17) is 10.8 Å². The van der Waals surface area contributed by atoms with E-state index in [1.54, 1.807) is 0 Å². The van der Waals surface area contributed by atoms with E-state index in [9.17, 15) is 12.8 Å². The molecular weight excluding hydrogens is 247 g/mol. The van der Waals surface area contributed by atoms with E-state index in [0.29, 0.717) is 12.8 Å². The predicted octanol–water partition coefficient (Wildman–Crippen LogP) is 0.459. The number of rotatable bonds is 6. The van der Waals surface area contributed by atoms with E-state index in [-0.39, 0.29) is 23.7 Å². The largest absolute Gasteiger partial charge is 0.398 e. The van der Waals surface area contributed by atoms with Crippen LogP contribution in [0.5, 0.6) is 0 Å². The van der Waals surface area contributed by atoms with Crippen LogP contribution in [0.25, 0.3) is 0 Å². The molecule has 0 aromatic heterocycles. The molecule has 0 aliphatic carbocycles. The minimum absolute atomic E-state index is 0.0143. The average Bonchev–Trinajstić information content (AvgIpc) is 2.24. The highest BCUT2D eigenvalue weighted by atomic mass is 32.2. The summed E-state index contributed by atoms with van der Waals surface area (Å²) in [6, 6.07) is 3.12. The topological polar surface area (TPSA) is 92.4 Å². The molecule has 0 atom stereocenters. The molecule has 4 N–H and O–H groups in total. The molecule has 1 aromatic rings. The highest BCUT2D eigenvalue weighted by Gasteiger charge is 2.16. The molecule has 17 heavy (non-hydrogen) atoms. The Balaban J connectivity index is 2.76. The minimum Gasteiger partial charge on any atom is -0.398 e. The number of sulfonamides is 1. The van der Waals surface area contributed by atoms with Crippen molar-refractivity contribution in [2.45, 2.75) is 17.7 Å². The Morgan fingerprint density at radius 2 is 2.06 bits per heavy atom. The van der Waals surface area contributed by atoms with Gasteiger partial charge in [-0.2, -0.15) is 0 Å². The zero-order valence-corrected chi connectivity index (χ0v) is 10.0. The van der Waals surface area contributed by atoms with Crippen LogP contribution in [0.2, 0.25) is 0 Å². The third-order valence-corrected chi connectivity index (χ3v) is 3.67. The summed E-state index contributed by atoms with van der Waals surface area (Å²) >= 11 is 0. The Morgan fingerprint density at radius 3 is 2.65 bits per heavy atom. The van der Waals surface area contributed by atoms with Crippen molar-refractivity contribution < 1.29 is 17.9 Å². The number of nitrogens with one attached hydrogen (secondary N) is 1. The van der Waals surface area contributed by atoms with Gasteiger partial charge >= 0.3 is 0 Å². The summed E-state index contributed by atoms with van der Waals surface area (Å²) in [7, 11) is -3.71. The summed E-state index contributed by atoms with van der Waals surface area (Å²) in [5.74, 6) is -0.582. The highest BCUT2D eigenvalue weighted by Crippen LogP contribution is 2.18. The number of nitrogen functional groups attached to an aromatic ring is 1. The lowest BCUT2D eigenvalue weighted by atomic mass is 10.3. The van der Waals surface area contributed by atoms with E-state index in [1.165, 1.54) is 0 Å². The van der Waals surface area contributed by atoms with Gasteiger partial charge in [-0.3, -0.25) is 0 Å². The van der Waals surface area contributed by atoms with Gasteiger partial charge in [0.05, 0.1) is 5.69 Å². The van der Waals surface area contributed by atoms with Crippen molar-refractivity contribution in [3.05, 3.63) is 24.0 Å². The number of halogens is 1. The maximum Gasteiger partial charge on any atom is 0.242 e. The van der Waals surface area contributed by atoms with Gasteiger partial charge in [-0.1, -0.05) is 0 Å². The zero-order valence-electron chi connectivity index (χ0n) is 9.19. The molecule has 0 unspecified atom stereocenters. The Bertz CT molecular complexity index is 476. The molecule has 0 bridgehead atoms. The lowest BCUT2D eigenvalue weighted by molar-refractivity contribution is 0.285. The molecule has 0 heterocycles. The fourth-order valence-electron chi connectivity index (χ4n) is 1.29. The predicted molar refractivity (Wildman–Crippen MR) is 62.3 cm³/mol. The second-order valence-corrected chi connectivity index (χ2v) is 5.25. The van der Waals surface area contributed by atoms with Gasteiger partial charge in [0.25, 0.3) is 0 Å². The van der Waals surface area contributed by atoms with Crippen LogP contribution in [0.1, 0.15) is 12.8 Å². The van der Waals surface area contributed by atoms with E-state index < -0.39 is 15.8 Å². The number of nitrogens with two attached hydrogens (primary N) is 1. The molecule has 0 radical (unpaired) electrons. The third-order valence-electron chi connectivity index (χ3n) is 2.14.